The van der Waals surface area contributed by atoms with Crippen LogP contribution in [0, 0.1) is 0 Å². The van der Waals surface area contributed by atoms with Gasteiger partial charge in [0.15, 0.2) is 0 Å². The standard InChI is InChI=1S/C14H27N3O/c18-14(17-12-3-1-2-4-13-17)15-8-7-11-16-9-5-6-10-16/h1-13H2,(H,15,18). The fraction of sp³-hybridized carbons (Fsp3) is 0.929. The molecule has 4 nitrogen and oxygen atoms in total. The van der Waals surface area contributed by atoms with Crippen molar-refractivity contribution in [3.63, 3.8) is 0 Å². The lowest BCUT2D eigenvalue weighted by molar-refractivity contribution is 0.199. The molecule has 0 aromatic carbocycles. The average molecular weight is 253 g/mol. The fourth-order valence-electron chi connectivity index (χ4n) is 2.89. The molecule has 2 amide bonds. The summed E-state index contributed by atoms with van der Waals surface area (Å²) in [7, 11) is 0. The maximum Gasteiger partial charge on any atom is 0.317 e. The van der Waals surface area contributed by atoms with Crippen LogP contribution in [0.5, 0.6) is 0 Å². The molecule has 0 saturated carbocycles. The first-order chi connectivity index (χ1) is 8.86. The third-order valence-electron chi connectivity index (χ3n) is 4.02. The summed E-state index contributed by atoms with van der Waals surface area (Å²) in [5.41, 5.74) is 0. The average Bonchev–Trinajstić information content (AvgIpc) is 2.74. The number of hydrogen-bond acceptors (Lipinski definition) is 2. The van der Waals surface area contributed by atoms with Crippen molar-refractivity contribution in [3.8, 4) is 0 Å². The van der Waals surface area contributed by atoms with Crippen molar-refractivity contribution in [1.82, 2.24) is 15.1 Å². The van der Waals surface area contributed by atoms with Gasteiger partial charge >= 0.3 is 6.03 Å². The highest BCUT2D eigenvalue weighted by atomic mass is 16.2. The number of hydrogen-bond donors (Lipinski definition) is 1. The van der Waals surface area contributed by atoms with Gasteiger partial charge in [0.25, 0.3) is 0 Å². The van der Waals surface area contributed by atoms with E-state index >= 15 is 0 Å². The minimum Gasteiger partial charge on any atom is -0.338 e. The van der Waals surface area contributed by atoms with Gasteiger partial charge in [-0.2, -0.15) is 0 Å². The minimum absolute atomic E-state index is 0.151. The summed E-state index contributed by atoms with van der Waals surface area (Å²) < 4.78 is 0. The van der Waals surface area contributed by atoms with Crippen LogP contribution in [0.3, 0.4) is 0 Å². The summed E-state index contributed by atoms with van der Waals surface area (Å²) in [6, 6.07) is 0.151. The summed E-state index contributed by atoms with van der Waals surface area (Å²) in [6.45, 7) is 6.35. The number of rotatable bonds is 4. The SMILES string of the molecule is O=C(NCCCN1CCCC1)N1CCCCCC1. The molecule has 2 aliphatic heterocycles. The van der Waals surface area contributed by atoms with Crippen LogP contribution in [0.4, 0.5) is 4.79 Å². The molecule has 2 rings (SSSR count). The number of amides is 2. The van der Waals surface area contributed by atoms with Gasteiger partial charge in [-0.1, -0.05) is 12.8 Å². The molecule has 2 aliphatic rings. The Morgan fingerprint density at radius 2 is 1.50 bits per heavy atom. The summed E-state index contributed by atoms with van der Waals surface area (Å²) in [5.74, 6) is 0. The van der Waals surface area contributed by atoms with Crippen LogP contribution in [0.15, 0.2) is 0 Å². The topological polar surface area (TPSA) is 35.6 Å². The molecule has 1 N–H and O–H groups in total. The molecule has 0 spiro atoms. The summed E-state index contributed by atoms with van der Waals surface area (Å²) in [6.07, 6.45) is 8.67. The highest BCUT2D eigenvalue weighted by Crippen LogP contribution is 2.09. The molecule has 0 bridgehead atoms. The van der Waals surface area contributed by atoms with Crippen molar-refractivity contribution in [2.24, 2.45) is 0 Å². The Hall–Kier alpha value is -0.770. The Kier molecular flexibility index (Phi) is 5.78. The molecule has 0 aromatic rings. The molecule has 0 radical (unpaired) electrons. The molecule has 4 heteroatoms. The van der Waals surface area contributed by atoms with Gasteiger partial charge in [-0.25, -0.2) is 4.79 Å². The zero-order valence-corrected chi connectivity index (χ0v) is 11.5. The monoisotopic (exact) mass is 253 g/mol. The number of urea groups is 1. The maximum atomic E-state index is 11.9. The predicted octanol–water partition coefficient (Wildman–Crippen LogP) is 2.06. The number of carbonyl (C=O) groups is 1. The Labute approximate surface area is 111 Å². The smallest absolute Gasteiger partial charge is 0.317 e. The molecule has 2 saturated heterocycles. The third-order valence-corrected chi connectivity index (χ3v) is 4.02. The summed E-state index contributed by atoms with van der Waals surface area (Å²) in [5, 5.41) is 3.06. The summed E-state index contributed by atoms with van der Waals surface area (Å²) in [4.78, 5) is 16.4. The third kappa shape index (κ3) is 4.48. The van der Waals surface area contributed by atoms with E-state index in [-0.39, 0.29) is 6.03 Å². The zero-order valence-electron chi connectivity index (χ0n) is 11.5. The quantitative estimate of drug-likeness (QED) is 0.778. The van der Waals surface area contributed by atoms with Crippen molar-refractivity contribution in [3.05, 3.63) is 0 Å². The second kappa shape index (κ2) is 7.62. The lowest BCUT2D eigenvalue weighted by Crippen LogP contribution is -2.41. The predicted molar refractivity (Wildman–Crippen MR) is 73.7 cm³/mol. The first kappa shape index (κ1) is 13.7. The van der Waals surface area contributed by atoms with Crippen LogP contribution in [-0.4, -0.2) is 55.1 Å². The van der Waals surface area contributed by atoms with Crippen molar-refractivity contribution < 1.29 is 4.79 Å². The van der Waals surface area contributed by atoms with E-state index in [0.717, 1.165) is 32.6 Å². The van der Waals surface area contributed by atoms with E-state index in [9.17, 15) is 4.79 Å². The van der Waals surface area contributed by atoms with Gasteiger partial charge in [-0.3, -0.25) is 0 Å². The van der Waals surface area contributed by atoms with Gasteiger partial charge in [0, 0.05) is 19.6 Å². The van der Waals surface area contributed by atoms with Crippen LogP contribution in [-0.2, 0) is 0 Å². The van der Waals surface area contributed by atoms with Crippen molar-refractivity contribution in [2.75, 3.05) is 39.3 Å². The van der Waals surface area contributed by atoms with Crippen LogP contribution >= 0.6 is 0 Å². The van der Waals surface area contributed by atoms with E-state index < -0.39 is 0 Å². The number of nitrogens with zero attached hydrogens (tertiary/aromatic N) is 2. The van der Waals surface area contributed by atoms with E-state index in [2.05, 4.69) is 10.2 Å². The highest BCUT2D eigenvalue weighted by Gasteiger charge is 2.15. The van der Waals surface area contributed by atoms with E-state index in [4.69, 9.17) is 0 Å². The van der Waals surface area contributed by atoms with E-state index in [1.807, 2.05) is 4.90 Å². The maximum absolute atomic E-state index is 11.9. The first-order valence-corrected chi connectivity index (χ1v) is 7.61. The molecule has 104 valence electrons. The molecule has 18 heavy (non-hydrogen) atoms. The zero-order chi connectivity index (χ0) is 12.6. The second-order valence-electron chi connectivity index (χ2n) is 5.54. The van der Waals surface area contributed by atoms with Gasteiger partial charge < -0.3 is 15.1 Å². The van der Waals surface area contributed by atoms with E-state index in [0.29, 0.717) is 0 Å². The fourth-order valence-corrected chi connectivity index (χ4v) is 2.89. The van der Waals surface area contributed by atoms with E-state index in [1.54, 1.807) is 0 Å². The molecule has 2 fully saturated rings. The van der Waals surface area contributed by atoms with Gasteiger partial charge in [0.1, 0.15) is 0 Å². The highest BCUT2D eigenvalue weighted by molar-refractivity contribution is 5.74. The van der Waals surface area contributed by atoms with Crippen LogP contribution < -0.4 is 5.32 Å². The van der Waals surface area contributed by atoms with Gasteiger partial charge in [0.2, 0.25) is 0 Å². The Bertz CT molecular complexity index is 243. The molecule has 2 heterocycles. The summed E-state index contributed by atoms with van der Waals surface area (Å²) >= 11 is 0. The number of carbonyl (C=O) groups excluding carboxylic acids is 1. The Morgan fingerprint density at radius 3 is 2.17 bits per heavy atom. The first-order valence-electron chi connectivity index (χ1n) is 7.61. The largest absolute Gasteiger partial charge is 0.338 e. The van der Waals surface area contributed by atoms with E-state index in [1.165, 1.54) is 51.6 Å². The normalized spacial score (nSPS) is 21.9. The van der Waals surface area contributed by atoms with Gasteiger partial charge in [0.05, 0.1) is 0 Å². The van der Waals surface area contributed by atoms with Crippen molar-refractivity contribution >= 4 is 6.03 Å². The second-order valence-corrected chi connectivity index (χ2v) is 5.54. The van der Waals surface area contributed by atoms with Crippen LogP contribution in [0.25, 0.3) is 0 Å². The lowest BCUT2D eigenvalue weighted by Gasteiger charge is -2.21. The van der Waals surface area contributed by atoms with Crippen LogP contribution in [0.2, 0.25) is 0 Å². The van der Waals surface area contributed by atoms with Crippen molar-refractivity contribution in [2.45, 2.75) is 44.9 Å². The van der Waals surface area contributed by atoms with Gasteiger partial charge in [-0.15, -0.1) is 0 Å². The van der Waals surface area contributed by atoms with Crippen LogP contribution in [0.1, 0.15) is 44.9 Å². The molecule has 0 aromatic heterocycles. The Morgan fingerprint density at radius 1 is 0.889 bits per heavy atom. The number of likely N-dealkylation sites (tertiary alicyclic amines) is 2. The Balaban J connectivity index is 1.55. The van der Waals surface area contributed by atoms with Crippen molar-refractivity contribution in [1.29, 1.82) is 0 Å². The minimum atomic E-state index is 0.151. The van der Waals surface area contributed by atoms with Gasteiger partial charge in [-0.05, 0) is 51.7 Å². The molecule has 0 atom stereocenters. The number of nitrogens with one attached hydrogen (secondary N) is 1. The molecule has 0 aliphatic carbocycles. The molecular formula is C14H27N3O. The lowest BCUT2D eigenvalue weighted by atomic mass is 10.2. The molecule has 0 unspecified atom stereocenters. The molecular weight excluding hydrogens is 226 g/mol.